The summed E-state index contributed by atoms with van der Waals surface area (Å²) in [6.45, 7) is 1.47. The molecule has 0 saturated carbocycles. The molecule has 0 unspecified atom stereocenters. The number of nitrogens with one attached hydrogen (secondary N) is 1. The molecule has 1 aromatic rings. The minimum absolute atomic E-state index is 0.141. The largest absolute Gasteiger partial charge is 0.398 e. The van der Waals surface area contributed by atoms with Crippen LogP contribution >= 0.6 is 15.9 Å². The molecule has 0 fully saturated rings. The lowest BCUT2D eigenvalue weighted by Crippen LogP contribution is -2.26. The maximum atomic E-state index is 8.90. The van der Waals surface area contributed by atoms with Gasteiger partial charge < -0.3 is 21.1 Å². The maximum absolute atomic E-state index is 8.90. The second kappa shape index (κ2) is 3.67. The Morgan fingerprint density at radius 3 is 3.07 bits per heavy atom. The highest BCUT2D eigenvalue weighted by atomic mass is 79.9. The molecule has 0 aromatic heterocycles. The van der Waals surface area contributed by atoms with E-state index in [1.165, 1.54) is 0 Å². The van der Waals surface area contributed by atoms with Gasteiger partial charge in [-0.2, -0.15) is 0 Å². The lowest BCUT2D eigenvalue weighted by atomic mass is 10.2. The molecule has 4 N–H and O–H groups in total. The predicted molar refractivity (Wildman–Crippen MR) is 61.5 cm³/mol. The first-order chi connectivity index (χ1) is 6.74. The van der Waals surface area contributed by atoms with Gasteiger partial charge in [0.1, 0.15) is 0 Å². The van der Waals surface area contributed by atoms with Gasteiger partial charge in [-0.25, -0.2) is 0 Å². The number of nitrogen functional groups attached to an aromatic ring is 1. The lowest BCUT2D eigenvalue weighted by Gasteiger charge is -2.18. The summed E-state index contributed by atoms with van der Waals surface area (Å²) in [5.74, 6) is 0. The number of aliphatic hydroxyl groups is 1. The number of rotatable bonds is 2. The van der Waals surface area contributed by atoms with Crippen LogP contribution in [-0.4, -0.2) is 24.9 Å². The summed E-state index contributed by atoms with van der Waals surface area (Å²) in [7, 11) is 0. The standard InChI is InChI=1S/C9H12BrN3O/c10-8-6(11)1-2-7-9(8)13(3-4-14)5-12-7/h1-2,12,14H,3-5,11H2. The first-order valence-electron chi connectivity index (χ1n) is 4.41. The van der Waals surface area contributed by atoms with E-state index in [1.807, 2.05) is 12.1 Å². The van der Waals surface area contributed by atoms with Crippen molar-refractivity contribution in [2.24, 2.45) is 0 Å². The van der Waals surface area contributed by atoms with Crippen LogP contribution in [0.4, 0.5) is 17.1 Å². The van der Waals surface area contributed by atoms with Crippen LogP contribution in [0, 0.1) is 0 Å². The van der Waals surface area contributed by atoms with Crippen LogP contribution < -0.4 is 16.0 Å². The van der Waals surface area contributed by atoms with Crippen molar-refractivity contribution in [3.05, 3.63) is 16.6 Å². The van der Waals surface area contributed by atoms with Crippen molar-refractivity contribution in [1.29, 1.82) is 0 Å². The number of hydrogen-bond acceptors (Lipinski definition) is 4. The average Bonchev–Trinajstić information content (AvgIpc) is 2.57. The van der Waals surface area contributed by atoms with E-state index >= 15 is 0 Å². The average molecular weight is 258 g/mol. The molecule has 14 heavy (non-hydrogen) atoms. The van der Waals surface area contributed by atoms with E-state index in [2.05, 4.69) is 26.1 Å². The van der Waals surface area contributed by atoms with E-state index in [-0.39, 0.29) is 6.61 Å². The van der Waals surface area contributed by atoms with Crippen LogP contribution in [0.2, 0.25) is 0 Å². The Bertz CT molecular complexity index is 354. The van der Waals surface area contributed by atoms with Gasteiger partial charge in [0.25, 0.3) is 0 Å². The van der Waals surface area contributed by atoms with E-state index in [0.717, 1.165) is 28.2 Å². The summed E-state index contributed by atoms with van der Waals surface area (Å²) >= 11 is 3.45. The van der Waals surface area contributed by atoms with E-state index in [4.69, 9.17) is 10.8 Å². The highest BCUT2D eigenvalue weighted by molar-refractivity contribution is 9.10. The highest BCUT2D eigenvalue weighted by Crippen LogP contribution is 2.41. The van der Waals surface area contributed by atoms with Crippen LogP contribution in [0.25, 0.3) is 0 Å². The monoisotopic (exact) mass is 257 g/mol. The Balaban J connectivity index is 2.41. The van der Waals surface area contributed by atoms with E-state index in [0.29, 0.717) is 6.54 Å². The highest BCUT2D eigenvalue weighted by Gasteiger charge is 2.21. The first-order valence-corrected chi connectivity index (χ1v) is 5.21. The summed E-state index contributed by atoms with van der Waals surface area (Å²) in [5, 5.41) is 12.1. The zero-order chi connectivity index (χ0) is 10.1. The SMILES string of the molecule is Nc1ccc2c(c1Br)N(CCO)CN2. The van der Waals surface area contributed by atoms with Crippen LogP contribution in [0.1, 0.15) is 0 Å². The number of anilines is 3. The van der Waals surface area contributed by atoms with Gasteiger partial charge in [-0.05, 0) is 28.1 Å². The summed E-state index contributed by atoms with van der Waals surface area (Å²) in [6.07, 6.45) is 0. The zero-order valence-electron chi connectivity index (χ0n) is 7.63. The zero-order valence-corrected chi connectivity index (χ0v) is 9.21. The second-order valence-electron chi connectivity index (χ2n) is 3.19. The van der Waals surface area contributed by atoms with Crippen LogP contribution in [-0.2, 0) is 0 Å². The van der Waals surface area contributed by atoms with E-state index in [9.17, 15) is 0 Å². The van der Waals surface area contributed by atoms with Crippen molar-refractivity contribution in [2.45, 2.75) is 0 Å². The predicted octanol–water partition coefficient (Wildman–Crippen LogP) is 1.21. The molecular weight excluding hydrogens is 246 g/mol. The molecule has 0 aliphatic carbocycles. The Hall–Kier alpha value is -0.940. The number of hydrogen-bond donors (Lipinski definition) is 3. The molecule has 4 nitrogen and oxygen atoms in total. The van der Waals surface area contributed by atoms with Gasteiger partial charge in [-0.15, -0.1) is 0 Å². The normalized spacial score (nSPS) is 14.0. The summed E-state index contributed by atoms with van der Waals surface area (Å²) in [4.78, 5) is 2.05. The molecular formula is C9H12BrN3O. The molecule has 0 atom stereocenters. The molecule has 0 radical (unpaired) electrons. The van der Waals surface area contributed by atoms with E-state index in [1.54, 1.807) is 0 Å². The van der Waals surface area contributed by atoms with Crippen molar-refractivity contribution in [2.75, 3.05) is 35.8 Å². The van der Waals surface area contributed by atoms with Gasteiger partial charge in [0, 0.05) is 12.2 Å². The van der Waals surface area contributed by atoms with Crippen molar-refractivity contribution in [3.8, 4) is 0 Å². The number of aliphatic hydroxyl groups excluding tert-OH is 1. The molecule has 2 rings (SSSR count). The van der Waals surface area contributed by atoms with Gasteiger partial charge >= 0.3 is 0 Å². The van der Waals surface area contributed by atoms with Gasteiger partial charge in [0.05, 0.1) is 29.1 Å². The van der Waals surface area contributed by atoms with Crippen molar-refractivity contribution in [3.63, 3.8) is 0 Å². The molecule has 0 spiro atoms. The van der Waals surface area contributed by atoms with Crippen LogP contribution in [0.5, 0.6) is 0 Å². The van der Waals surface area contributed by atoms with Crippen LogP contribution in [0.15, 0.2) is 16.6 Å². The lowest BCUT2D eigenvalue weighted by molar-refractivity contribution is 0.303. The van der Waals surface area contributed by atoms with Crippen LogP contribution in [0.3, 0.4) is 0 Å². The van der Waals surface area contributed by atoms with Crippen molar-refractivity contribution in [1.82, 2.24) is 0 Å². The Morgan fingerprint density at radius 1 is 1.57 bits per heavy atom. The fraction of sp³-hybridized carbons (Fsp3) is 0.333. The second-order valence-corrected chi connectivity index (χ2v) is 3.98. The molecule has 0 saturated heterocycles. The van der Waals surface area contributed by atoms with Gasteiger partial charge in [-0.1, -0.05) is 0 Å². The third kappa shape index (κ3) is 1.42. The van der Waals surface area contributed by atoms with Gasteiger partial charge in [0.15, 0.2) is 0 Å². The Morgan fingerprint density at radius 2 is 2.36 bits per heavy atom. The van der Waals surface area contributed by atoms with Gasteiger partial charge in [0.2, 0.25) is 0 Å². The molecule has 0 bridgehead atoms. The molecule has 5 heteroatoms. The number of halogens is 1. The topological polar surface area (TPSA) is 61.5 Å². The first kappa shape index (κ1) is 9.61. The summed E-state index contributed by atoms with van der Waals surface area (Å²) < 4.78 is 0.897. The number of nitrogens with two attached hydrogens (primary N) is 1. The van der Waals surface area contributed by atoms with E-state index < -0.39 is 0 Å². The Kier molecular flexibility index (Phi) is 2.52. The minimum atomic E-state index is 0.141. The van der Waals surface area contributed by atoms with Crippen molar-refractivity contribution >= 4 is 33.0 Å². The molecule has 1 aromatic carbocycles. The molecule has 1 aliphatic rings. The minimum Gasteiger partial charge on any atom is -0.398 e. The number of benzene rings is 1. The third-order valence-electron chi connectivity index (χ3n) is 2.29. The molecule has 1 aliphatic heterocycles. The molecule has 1 heterocycles. The smallest absolute Gasteiger partial charge is 0.0879 e. The fourth-order valence-electron chi connectivity index (χ4n) is 1.60. The fourth-order valence-corrected chi connectivity index (χ4v) is 2.20. The number of β-amino-alcohol motifs (C(OH)–C–C–N with tert-alkyl or cyclic N) is 1. The van der Waals surface area contributed by atoms with Gasteiger partial charge in [-0.3, -0.25) is 0 Å². The molecule has 0 amide bonds. The Labute approximate surface area is 90.8 Å². The third-order valence-corrected chi connectivity index (χ3v) is 3.13. The number of fused-ring (bicyclic) bond motifs is 1. The quantitative estimate of drug-likeness (QED) is 0.698. The van der Waals surface area contributed by atoms with Crippen molar-refractivity contribution < 1.29 is 5.11 Å². The molecule has 76 valence electrons. The summed E-state index contributed by atoms with van der Waals surface area (Å²) in [5.41, 5.74) is 8.60. The number of nitrogens with zero attached hydrogens (tertiary/aromatic N) is 1. The summed E-state index contributed by atoms with van der Waals surface area (Å²) in [6, 6.07) is 3.81. The maximum Gasteiger partial charge on any atom is 0.0879 e.